The molecule has 2 unspecified atom stereocenters. The molecule has 1 N–H and O–H groups in total. The zero-order chi connectivity index (χ0) is 11.7. The molecule has 1 saturated heterocycles. The van der Waals surface area contributed by atoms with Gasteiger partial charge in [-0.15, -0.1) is 0 Å². The molecule has 0 spiro atoms. The first kappa shape index (κ1) is 11.5. The lowest BCUT2D eigenvalue weighted by Gasteiger charge is -2.40. The van der Waals surface area contributed by atoms with Crippen LogP contribution in [0.4, 0.5) is 5.69 Å². The zero-order valence-electron chi connectivity index (χ0n) is 10.7. The summed E-state index contributed by atoms with van der Waals surface area (Å²) in [4.78, 5) is 2.53. The second-order valence-corrected chi connectivity index (χ2v) is 5.03. The first-order valence-electron chi connectivity index (χ1n) is 6.16. The Bertz CT molecular complexity index is 373. The third kappa shape index (κ3) is 2.07. The van der Waals surface area contributed by atoms with Crippen LogP contribution in [0.15, 0.2) is 18.2 Å². The molecule has 0 bridgehead atoms. The van der Waals surface area contributed by atoms with Crippen LogP contribution in [-0.2, 0) is 0 Å². The molecule has 0 radical (unpaired) electrons. The maximum absolute atomic E-state index is 3.52. The summed E-state index contributed by atoms with van der Waals surface area (Å²) in [5, 5.41) is 3.52. The number of hydrogen-bond donors (Lipinski definition) is 1. The van der Waals surface area contributed by atoms with Crippen molar-refractivity contribution in [3.8, 4) is 0 Å². The van der Waals surface area contributed by atoms with Crippen molar-refractivity contribution in [1.82, 2.24) is 5.32 Å². The van der Waals surface area contributed by atoms with Crippen LogP contribution >= 0.6 is 0 Å². The first-order valence-corrected chi connectivity index (χ1v) is 6.16. The quantitative estimate of drug-likeness (QED) is 0.779. The van der Waals surface area contributed by atoms with Gasteiger partial charge in [-0.2, -0.15) is 0 Å². The Balaban J connectivity index is 2.31. The molecule has 2 nitrogen and oxygen atoms in total. The molecule has 0 aromatic heterocycles. The predicted octanol–water partition coefficient (Wildman–Crippen LogP) is 2.49. The molecule has 1 fully saturated rings. The van der Waals surface area contributed by atoms with Gasteiger partial charge >= 0.3 is 0 Å². The Kier molecular flexibility index (Phi) is 3.20. The van der Waals surface area contributed by atoms with E-state index in [2.05, 4.69) is 56.1 Å². The molecule has 1 aliphatic rings. The Hall–Kier alpha value is -1.02. The van der Waals surface area contributed by atoms with Gasteiger partial charge in [-0.3, -0.25) is 0 Å². The summed E-state index contributed by atoms with van der Waals surface area (Å²) in [6, 6.07) is 7.76. The lowest BCUT2D eigenvalue weighted by Crippen LogP contribution is -2.54. The van der Waals surface area contributed by atoms with Crippen molar-refractivity contribution >= 4 is 5.69 Å². The highest BCUT2D eigenvalue weighted by Gasteiger charge is 2.23. The number of anilines is 1. The standard InChI is InChI=1S/C14H22N2/c1-10-6-5-7-14(13(10)4)16-9-11(2)15-8-12(16)3/h5-7,11-12,15H,8-9H2,1-4H3. The van der Waals surface area contributed by atoms with Crippen LogP contribution in [0.5, 0.6) is 0 Å². The topological polar surface area (TPSA) is 15.3 Å². The minimum absolute atomic E-state index is 0.580. The molecule has 16 heavy (non-hydrogen) atoms. The van der Waals surface area contributed by atoms with E-state index in [0.717, 1.165) is 13.1 Å². The fourth-order valence-electron chi connectivity index (χ4n) is 2.40. The van der Waals surface area contributed by atoms with E-state index in [4.69, 9.17) is 0 Å². The van der Waals surface area contributed by atoms with Crippen molar-refractivity contribution < 1.29 is 0 Å². The lowest BCUT2D eigenvalue weighted by atomic mass is 10.0. The molecule has 1 aliphatic heterocycles. The maximum atomic E-state index is 3.52. The molecule has 1 aromatic rings. The average Bonchev–Trinajstić information content (AvgIpc) is 2.26. The molecule has 2 rings (SSSR count). The van der Waals surface area contributed by atoms with Crippen LogP contribution in [0.2, 0.25) is 0 Å². The van der Waals surface area contributed by atoms with E-state index in [1.807, 2.05) is 0 Å². The van der Waals surface area contributed by atoms with E-state index in [9.17, 15) is 0 Å². The fourth-order valence-corrected chi connectivity index (χ4v) is 2.40. The molecule has 2 heteroatoms. The summed E-state index contributed by atoms with van der Waals surface area (Å²) in [5.74, 6) is 0. The molecule has 1 aromatic carbocycles. The molecule has 1 heterocycles. The number of piperazine rings is 1. The molecule has 0 amide bonds. The highest BCUT2D eigenvalue weighted by atomic mass is 15.2. The maximum Gasteiger partial charge on any atom is 0.0401 e. The van der Waals surface area contributed by atoms with Crippen LogP contribution in [0.1, 0.15) is 25.0 Å². The summed E-state index contributed by atoms with van der Waals surface area (Å²) < 4.78 is 0. The molecule has 0 saturated carbocycles. The van der Waals surface area contributed by atoms with Crippen LogP contribution in [0, 0.1) is 13.8 Å². The van der Waals surface area contributed by atoms with Gasteiger partial charge in [0, 0.05) is 30.9 Å². The Morgan fingerprint density at radius 2 is 2.00 bits per heavy atom. The van der Waals surface area contributed by atoms with Crippen LogP contribution in [0.25, 0.3) is 0 Å². The van der Waals surface area contributed by atoms with Crippen molar-refractivity contribution in [2.24, 2.45) is 0 Å². The monoisotopic (exact) mass is 218 g/mol. The number of nitrogens with one attached hydrogen (secondary N) is 1. The van der Waals surface area contributed by atoms with E-state index in [1.165, 1.54) is 16.8 Å². The normalized spacial score (nSPS) is 25.9. The van der Waals surface area contributed by atoms with Gasteiger partial charge in [0.05, 0.1) is 0 Å². The molecule has 2 atom stereocenters. The first-order chi connectivity index (χ1) is 7.59. The number of benzene rings is 1. The Labute approximate surface area is 98.7 Å². The third-order valence-corrected chi connectivity index (χ3v) is 3.65. The van der Waals surface area contributed by atoms with Gasteiger partial charge in [0.25, 0.3) is 0 Å². The summed E-state index contributed by atoms with van der Waals surface area (Å²) in [6.07, 6.45) is 0. The predicted molar refractivity (Wildman–Crippen MR) is 70.2 cm³/mol. The van der Waals surface area contributed by atoms with Crippen molar-refractivity contribution in [2.75, 3.05) is 18.0 Å². The number of nitrogens with zero attached hydrogens (tertiary/aromatic N) is 1. The van der Waals surface area contributed by atoms with Gasteiger partial charge in [0.2, 0.25) is 0 Å². The Morgan fingerprint density at radius 3 is 2.75 bits per heavy atom. The number of aryl methyl sites for hydroxylation is 1. The molecular formula is C14H22N2. The van der Waals surface area contributed by atoms with Gasteiger partial charge in [0.15, 0.2) is 0 Å². The van der Waals surface area contributed by atoms with Gasteiger partial charge in [-0.05, 0) is 44.9 Å². The minimum Gasteiger partial charge on any atom is -0.366 e. The second-order valence-electron chi connectivity index (χ2n) is 5.03. The van der Waals surface area contributed by atoms with Crippen molar-refractivity contribution in [1.29, 1.82) is 0 Å². The summed E-state index contributed by atoms with van der Waals surface area (Å²) >= 11 is 0. The second kappa shape index (κ2) is 4.46. The largest absolute Gasteiger partial charge is 0.366 e. The fraction of sp³-hybridized carbons (Fsp3) is 0.571. The van der Waals surface area contributed by atoms with Gasteiger partial charge in [-0.1, -0.05) is 12.1 Å². The molecule has 0 aliphatic carbocycles. The smallest absolute Gasteiger partial charge is 0.0401 e. The summed E-state index contributed by atoms with van der Waals surface area (Å²) in [7, 11) is 0. The van der Waals surface area contributed by atoms with Crippen LogP contribution in [-0.4, -0.2) is 25.2 Å². The molecule has 88 valence electrons. The van der Waals surface area contributed by atoms with Gasteiger partial charge < -0.3 is 10.2 Å². The van der Waals surface area contributed by atoms with E-state index in [1.54, 1.807) is 0 Å². The van der Waals surface area contributed by atoms with E-state index in [-0.39, 0.29) is 0 Å². The van der Waals surface area contributed by atoms with Crippen molar-refractivity contribution in [3.63, 3.8) is 0 Å². The minimum atomic E-state index is 0.580. The highest BCUT2D eigenvalue weighted by Crippen LogP contribution is 2.25. The zero-order valence-corrected chi connectivity index (χ0v) is 10.7. The molecular weight excluding hydrogens is 196 g/mol. The van der Waals surface area contributed by atoms with Crippen LogP contribution in [0.3, 0.4) is 0 Å². The van der Waals surface area contributed by atoms with E-state index < -0.39 is 0 Å². The van der Waals surface area contributed by atoms with Crippen molar-refractivity contribution in [2.45, 2.75) is 39.8 Å². The Morgan fingerprint density at radius 1 is 1.25 bits per heavy atom. The summed E-state index contributed by atoms with van der Waals surface area (Å²) in [5.41, 5.74) is 4.21. The highest BCUT2D eigenvalue weighted by molar-refractivity contribution is 5.57. The summed E-state index contributed by atoms with van der Waals surface area (Å²) in [6.45, 7) is 11.1. The van der Waals surface area contributed by atoms with Crippen LogP contribution < -0.4 is 10.2 Å². The van der Waals surface area contributed by atoms with E-state index in [0.29, 0.717) is 12.1 Å². The SMILES string of the molecule is Cc1cccc(N2CC(C)NCC2C)c1C. The number of hydrogen-bond acceptors (Lipinski definition) is 2. The average molecular weight is 218 g/mol. The third-order valence-electron chi connectivity index (χ3n) is 3.65. The number of rotatable bonds is 1. The van der Waals surface area contributed by atoms with Gasteiger partial charge in [-0.25, -0.2) is 0 Å². The van der Waals surface area contributed by atoms with Gasteiger partial charge in [0.1, 0.15) is 0 Å². The lowest BCUT2D eigenvalue weighted by molar-refractivity contribution is 0.424. The van der Waals surface area contributed by atoms with E-state index >= 15 is 0 Å². The van der Waals surface area contributed by atoms with Crippen molar-refractivity contribution in [3.05, 3.63) is 29.3 Å².